The molecule has 0 spiro atoms. The van der Waals surface area contributed by atoms with E-state index < -0.39 is 10.7 Å². The van der Waals surface area contributed by atoms with E-state index in [2.05, 4.69) is 15.4 Å². The van der Waals surface area contributed by atoms with Crippen molar-refractivity contribution in [1.29, 1.82) is 0 Å². The molecule has 2 atom stereocenters. The molecular weight excluding hydrogens is 402 g/mol. The summed E-state index contributed by atoms with van der Waals surface area (Å²) in [4.78, 5) is 26.7. The van der Waals surface area contributed by atoms with Gasteiger partial charge in [0, 0.05) is 28.9 Å². The molecule has 0 radical (unpaired) electrons. The van der Waals surface area contributed by atoms with Crippen LogP contribution in [-0.4, -0.2) is 38.3 Å². The van der Waals surface area contributed by atoms with E-state index in [1.54, 1.807) is 23.1 Å². The van der Waals surface area contributed by atoms with Crippen LogP contribution in [0.4, 0.5) is 11.4 Å². The average Bonchev–Trinajstić information content (AvgIpc) is 3.45. The van der Waals surface area contributed by atoms with Gasteiger partial charge in [-0.25, -0.2) is 9.67 Å². The van der Waals surface area contributed by atoms with Gasteiger partial charge in [-0.3, -0.25) is 14.9 Å². The predicted molar refractivity (Wildman–Crippen MR) is 110 cm³/mol. The summed E-state index contributed by atoms with van der Waals surface area (Å²) in [5.74, 6) is -1.35. The highest BCUT2D eigenvalue weighted by atomic mass is 16.7. The molecule has 1 N–H and O–H groups in total. The van der Waals surface area contributed by atoms with Crippen molar-refractivity contribution in [3.63, 3.8) is 0 Å². The molecule has 2 unspecified atom stereocenters. The molecule has 0 bridgehead atoms. The number of nitrogens with zero attached hydrogens (tertiary/aromatic N) is 4. The van der Waals surface area contributed by atoms with E-state index in [1.807, 2.05) is 19.1 Å². The third-order valence-corrected chi connectivity index (χ3v) is 5.07. The number of hydrogen-bond donors (Lipinski definition) is 1. The van der Waals surface area contributed by atoms with Crippen molar-refractivity contribution >= 4 is 17.3 Å². The second kappa shape index (κ2) is 8.62. The molecule has 3 aromatic rings. The quantitative estimate of drug-likeness (QED) is 0.458. The lowest BCUT2D eigenvalue weighted by molar-refractivity contribution is -0.384. The first-order chi connectivity index (χ1) is 15.0. The lowest BCUT2D eigenvalue weighted by atomic mass is 10.0. The first-order valence-electron chi connectivity index (χ1n) is 9.79. The van der Waals surface area contributed by atoms with Gasteiger partial charge in [0.25, 0.3) is 11.6 Å². The highest BCUT2D eigenvalue weighted by Crippen LogP contribution is 2.37. The summed E-state index contributed by atoms with van der Waals surface area (Å²) in [5, 5.41) is 17.7. The predicted octanol–water partition coefficient (Wildman–Crippen LogP) is 3.12. The Morgan fingerprint density at radius 3 is 2.58 bits per heavy atom. The molecule has 1 saturated heterocycles. The maximum Gasteiger partial charge on any atom is 0.269 e. The minimum absolute atomic E-state index is 0.0231. The molecule has 4 rings (SSSR count). The summed E-state index contributed by atoms with van der Waals surface area (Å²) in [6.07, 6.45) is 3.86. The highest BCUT2D eigenvalue weighted by molar-refractivity contribution is 6.04. The van der Waals surface area contributed by atoms with Crippen molar-refractivity contribution in [3.05, 3.63) is 82.4 Å². The number of hydrogen-bond acceptors (Lipinski definition) is 7. The average molecular weight is 423 g/mol. The minimum atomic E-state index is -0.991. The molecule has 0 saturated carbocycles. The third-order valence-electron chi connectivity index (χ3n) is 5.07. The number of anilines is 1. The molecule has 2 heterocycles. The van der Waals surface area contributed by atoms with Crippen LogP contribution in [0.25, 0.3) is 0 Å². The van der Waals surface area contributed by atoms with E-state index in [-0.39, 0.29) is 17.7 Å². The summed E-state index contributed by atoms with van der Waals surface area (Å²) >= 11 is 0. The van der Waals surface area contributed by atoms with E-state index in [0.717, 1.165) is 12.0 Å². The smallest absolute Gasteiger partial charge is 0.269 e. The molecule has 1 fully saturated rings. The molecule has 160 valence electrons. The van der Waals surface area contributed by atoms with Gasteiger partial charge in [-0.05, 0) is 30.7 Å². The van der Waals surface area contributed by atoms with Crippen molar-refractivity contribution in [3.8, 4) is 0 Å². The van der Waals surface area contributed by atoms with Crippen molar-refractivity contribution in [2.45, 2.75) is 31.8 Å². The van der Waals surface area contributed by atoms with Gasteiger partial charge in [-0.15, -0.1) is 0 Å². The van der Waals surface area contributed by atoms with Crippen molar-refractivity contribution in [1.82, 2.24) is 14.8 Å². The van der Waals surface area contributed by atoms with Gasteiger partial charge in [0.05, 0.1) is 17.6 Å². The molecule has 10 nitrogen and oxygen atoms in total. The Balaban J connectivity index is 1.50. The van der Waals surface area contributed by atoms with E-state index in [4.69, 9.17) is 9.47 Å². The van der Waals surface area contributed by atoms with Crippen LogP contribution in [0.15, 0.2) is 61.2 Å². The maximum atomic E-state index is 12.4. The Labute approximate surface area is 178 Å². The van der Waals surface area contributed by atoms with Crippen LogP contribution >= 0.6 is 0 Å². The fourth-order valence-corrected chi connectivity index (χ4v) is 3.36. The molecule has 1 aliphatic heterocycles. The Morgan fingerprint density at radius 1 is 1.26 bits per heavy atom. The number of nitro groups is 1. The van der Waals surface area contributed by atoms with Crippen LogP contribution in [0.1, 0.15) is 29.3 Å². The number of nitrogens with one attached hydrogen (secondary N) is 1. The lowest BCUT2D eigenvalue weighted by Gasteiger charge is -2.28. The van der Waals surface area contributed by atoms with Crippen LogP contribution in [0.3, 0.4) is 0 Å². The van der Waals surface area contributed by atoms with Gasteiger partial charge in [0.15, 0.2) is 0 Å². The summed E-state index contributed by atoms with van der Waals surface area (Å²) in [5.41, 5.74) is 1.63. The van der Waals surface area contributed by atoms with Crippen molar-refractivity contribution in [2.75, 3.05) is 11.9 Å². The number of carbonyl (C=O) groups excluding carboxylic acids is 1. The van der Waals surface area contributed by atoms with Gasteiger partial charge in [0.1, 0.15) is 19.2 Å². The van der Waals surface area contributed by atoms with Gasteiger partial charge >= 0.3 is 0 Å². The SMILES string of the molecule is CCC1COC(Cn2cncn2)(c2ccc(NC(=O)c3ccc([N+](=O)[O-])cc3)cc2)O1. The number of ether oxygens (including phenoxy) is 2. The van der Waals surface area contributed by atoms with E-state index >= 15 is 0 Å². The molecule has 10 heteroatoms. The fourth-order valence-electron chi connectivity index (χ4n) is 3.36. The first-order valence-corrected chi connectivity index (χ1v) is 9.79. The summed E-state index contributed by atoms with van der Waals surface area (Å²) in [6.45, 7) is 2.86. The standard InChI is InChI=1S/C21H21N5O5/c1-2-19-11-30-21(31-19,12-25-14-22-13-23-25)16-5-7-17(8-6-16)24-20(27)15-3-9-18(10-4-15)26(28)29/h3-10,13-14,19H,2,11-12H2,1H3,(H,24,27). The van der Waals surface area contributed by atoms with Crippen LogP contribution in [0, 0.1) is 10.1 Å². The molecule has 31 heavy (non-hydrogen) atoms. The molecular formula is C21H21N5O5. The van der Waals surface area contributed by atoms with E-state index in [1.165, 1.54) is 30.6 Å². The number of carbonyl (C=O) groups is 1. The normalized spacial score (nSPS) is 20.5. The summed E-state index contributed by atoms with van der Waals surface area (Å²) < 4.78 is 14.0. The number of non-ortho nitro benzene ring substituents is 1. The van der Waals surface area contributed by atoms with Crippen LogP contribution in [0.5, 0.6) is 0 Å². The van der Waals surface area contributed by atoms with Crippen molar-refractivity contribution in [2.24, 2.45) is 0 Å². The zero-order chi connectivity index (χ0) is 21.8. The molecule has 1 amide bonds. The zero-order valence-electron chi connectivity index (χ0n) is 16.8. The largest absolute Gasteiger partial charge is 0.342 e. The van der Waals surface area contributed by atoms with Gasteiger partial charge in [-0.2, -0.15) is 5.10 Å². The Hall–Kier alpha value is -3.63. The monoisotopic (exact) mass is 423 g/mol. The van der Waals surface area contributed by atoms with Gasteiger partial charge in [0.2, 0.25) is 5.79 Å². The minimum Gasteiger partial charge on any atom is -0.342 e. The highest BCUT2D eigenvalue weighted by Gasteiger charge is 2.43. The van der Waals surface area contributed by atoms with E-state index in [9.17, 15) is 14.9 Å². The first kappa shape index (κ1) is 20.6. The van der Waals surface area contributed by atoms with Crippen LogP contribution in [-0.2, 0) is 21.8 Å². The number of aromatic nitrogens is 3. The zero-order valence-corrected chi connectivity index (χ0v) is 16.8. The number of rotatable bonds is 7. The Bertz CT molecular complexity index is 1050. The Kier molecular flexibility index (Phi) is 5.74. The number of benzene rings is 2. The van der Waals surface area contributed by atoms with E-state index in [0.29, 0.717) is 24.4 Å². The summed E-state index contributed by atoms with van der Waals surface area (Å²) in [7, 11) is 0. The van der Waals surface area contributed by atoms with Crippen molar-refractivity contribution < 1.29 is 19.2 Å². The second-order valence-corrected chi connectivity index (χ2v) is 7.14. The topological polar surface area (TPSA) is 121 Å². The van der Waals surface area contributed by atoms with Crippen LogP contribution in [0.2, 0.25) is 0 Å². The molecule has 2 aromatic carbocycles. The molecule has 1 aliphatic rings. The van der Waals surface area contributed by atoms with Gasteiger partial charge < -0.3 is 14.8 Å². The lowest BCUT2D eigenvalue weighted by Crippen LogP contribution is -2.34. The molecule has 1 aromatic heterocycles. The summed E-state index contributed by atoms with van der Waals surface area (Å²) in [6, 6.07) is 12.6. The second-order valence-electron chi connectivity index (χ2n) is 7.14. The number of nitro benzene ring substituents is 1. The van der Waals surface area contributed by atoms with Gasteiger partial charge in [-0.1, -0.05) is 19.1 Å². The van der Waals surface area contributed by atoms with Crippen LogP contribution < -0.4 is 5.32 Å². The molecule has 0 aliphatic carbocycles. The third kappa shape index (κ3) is 4.44. The maximum absolute atomic E-state index is 12.4. The Morgan fingerprint density at radius 2 is 2.00 bits per heavy atom. The number of amides is 1. The fraction of sp³-hybridized carbons (Fsp3) is 0.286.